The van der Waals surface area contributed by atoms with E-state index >= 15 is 0 Å². The maximum absolute atomic E-state index is 10.9. The van der Waals surface area contributed by atoms with Crippen LogP contribution in [0.3, 0.4) is 0 Å². The Labute approximate surface area is 144 Å². The minimum absolute atomic E-state index is 0.323. The van der Waals surface area contributed by atoms with Gasteiger partial charge in [-0.05, 0) is 19.3 Å². The SMILES string of the molecule is NC(=O)C(Cl)CCN(CCC(Cl)C(N)=O)CCC(Cl)C(N)=O. The van der Waals surface area contributed by atoms with Gasteiger partial charge in [-0.2, -0.15) is 0 Å². The van der Waals surface area contributed by atoms with Gasteiger partial charge in [0.15, 0.2) is 0 Å². The standard InChI is InChI=1S/C12H21Cl3N4O3/c13-7(10(16)20)1-4-19(5-2-8(14)11(17)21)6-3-9(15)12(18)22/h7-9H,1-6H2,(H2,16,20)(H2,17,21)(H2,18,22). The molecule has 0 fully saturated rings. The van der Waals surface area contributed by atoms with Crippen LogP contribution in [0.1, 0.15) is 19.3 Å². The van der Waals surface area contributed by atoms with E-state index in [0.29, 0.717) is 38.9 Å². The summed E-state index contributed by atoms with van der Waals surface area (Å²) in [7, 11) is 0. The Morgan fingerprint density at radius 2 is 0.909 bits per heavy atom. The van der Waals surface area contributed by atoms with Crippen LogP contribution in [-0.2, 0) is 14.4 Å². The molecule has 0 aliphatic rings. The monoisotopic (exact) mass is 374 g/mol. The first kappa shape index (κ1) is 21.2. The summed E-state index contributed by atoms with van der Waals surface area (Å²) in [5.74, 6) is -1.83. The normalized spacial score (nSPS) is 15.3. The van der Waals surface area contributed by atoms with Gasteiger partial charge in [-0.3, -0.25) is 14.4 Å². The van der Waals surface area contributed by atoms with Crippen molar-refractivity contribution >= 4 is 52.5 Å². The maximum atomic E-state index is 10.9. The first-order valence-electron chi connectivity index (χ1n) is 6.67. The summed E-state index contributed by atoms with van der Waals surface area (Å²) in [4.78, 5) is 34.7. The molecule has 0 bridgehead atoms. The van der Waals surface area contributed by atoms with Crippen LogP contribution in [0.25, 0.3) is 0 Å². The molecule has 0 aliphatic heterocycles. The van der Waals surface area contributed by atoms with Crippen LogP contribution in [-0.4, -0.2) is 58.4 Å². The van der Waals surface area contributed by atoms with Crippen LogP contribution in [0.15, 0.2) is 0 Å². The summed E-state index contributed by atoms with van der Waals surface area (Å²) in [5.41, 5.74) is 15.3. The zero-order chi connectivity index (χ0) is 17.3. The average molecular weight is 376 g/mol. The Morgan fingerprint density at radius 3 is 1.09 bits per heavy atom. The lowest BCUT2D eigenvalue weighted by Crippen LogP contribution is -2.36. The third kappa shape index (κ3) is 9.30. The highest BCUT2D eigenvalue weighted by molar-refractivity contribution is 6.31. The van der Waals surface area contributed by atoms with Crippen molar-refractivity contribution in [2.75, 3.05) is 19.6 Å². The van der Waals surface area contributed by atoms with Gasteiger partial charge in [0.05, 0.1) is 0 Å². The number of rotatable bonds is 12. The zero-order valence-electron chi connectivity index (χ0n) is 12.0. The van der Waals surface area contributed by atoms with Gasteiger partial charge in [-0.1, -0.05) is 0 Å². The van der Waals surface area contributed by atoms with E-state index in [1.165, 1.54) is 0 Å². The van der Waals surface area contributed by atoms with Gasteiger partial charge in [0, 0.05) is 19.6 Å². The van der Waals surface area contributed by atoms with Gasteiger partial charge in [0.25, 0.3) is 0 Å². The van der Waals surface area contributed by atoms with Crippen LogP contribution in [0.5, 0.6) is 0 Å². The molecule has 7 nitrogen and oxygen atoms in total. The molecule has 0 rings (SSSR count). The highest BCUT2D eigenvalue weighted by Crippen LogP contribution is 2.10. The fourth-order valence-electron chi connectivity index (χ4n) is 1.65. The van der Waals surface area contributed by atoms with E-state index in [9.17, 15) is 14.4 Å². The number of amides is 3. The topological polar surface area (TPSA) is 133 Å². The largest absolute Gasteiger partial charge is 0.368 e. The first-order valence-corrected chi connectivity index (χ1v) is 7.98. The predicted octanol–water partition coefficient (Wildman–Crippen LogP) is -0.263. The number of alkyl halides is 3. The molecular weight excluding hydrogens is 355 g/mol. The van der Waals surface area contributed by atoms with Crippen molar-refractivity contribution in [3.8, 4) is 0 Å². The summed E-state index contributed by atoms with van der Waals surface area (Å²) in [5, 5.41) is -2.39. The fourth-order valence-corrected chi connectivity index (χ4v) is 1.94. The van der Waals surface area contributed by atoms with Crippen molar-refractivity contribution in [2.24, 2.45) is 17.2 Å². The smallest absolute Gasteiger partial charge is 0.235 e. The Hall–Kier alpha value is -0.760. The number of primary amides is 3. The molecular formula is C12H21Cl3N4O3. The van der Waals surface area contributed by atoms with Crippen molar-refractivity contribution in [3.63, 3.8) is 0 Å². The quantitative estimate of drug-likeness (QED) is 0.405. The Morgan fingerprint density at radius 1 is 0.682 bits per heavy atom. The number of nitrogens with zero attached hydrogens (tertiary/aromatic N) is 1. The molecule has 0 saturated carbocycles. The van der Waals surface area contributed by atoms with Crippen LogP contribution in [0.4, 0.5) is 0 Å². The first-order chi connectivity index (χ1) is 10.1. The summed E-state index contributed by atoms with van der Waals surface area (Å²) in [6.07, 6.45) is 0.970. The molecule has 0 spiro atoms. The Bertz CT molecular complexity index is 341. The number of carbonyl (C=O) groups excluding carboxylic acids is 3. The molecule has 0 radical (unpaired) electrons. The second-order valence-corrected chi connectivity index (χ2v) is 6.40. The third-order valence-corrected chi connectivity index (χ3v) is 4.32. The second kappa shape index (κ2) is 10.9. The minimum atomic E-state index is -0.798. The van der Waals surface area contributed by atoms with Crippen LogP contribution in [0, 0.1) is 0 Å². The molecule has 0 saturated heterocycles. The number of hydrogen-bond acceptors (Lipinski definition) is 4. The fraction of sp³-hybridized carbons (Fsp3) is 0.750. The predicted molar refractivity (Wildman–Crippen MR) is 86.8 cm³/mol. The van der Waals surface area contributed by atoms with Crippen LogP contribution < -0.4 is 17.2 Å². The molecule has 6 N–H and O–H groups in total. The van der Waals surface area contributed by atoms with E-state index in [1.54, 1.807) is 0 Å². The summed E-state index contributed by atoms with van der Waals surface area (Å²) in [6, 6.07) is 0. The van der Waals surface area contributed by atoms with Crippen molar-refractivity contribution in [1.29, 1.82) is 0 Å². The molecule has 0 aromatic carbocycles. The molecule has 22 heavy (non-hydrogen) atoms. The number of nitrogens with two attached hydrogens (primary N) is 3. The zero-order valence-corrected chi connectivity index (χ0v) is 14.3. The number of hydrogen-bond donors (Lipinski definition) is 3. The molecule has 10 heteroatoms. The molecule has 3 unspecified atom stereocenters. The molecule has 0 aliphatic carbocycles. The van der Waals surface area contributed by atoms with E-state index in [2.05, 4.69) is 0 Å². The molecule has 0 aromatic rings. The van der Waals surface area contributed by atoms with Crippen molar-refractivity contribution < 1.29 is 14.4 Å². The van der Waals surface area contributed by atoms with Gasteiger partial charge < -0.3 is 22.1 Å². The van der Waals surface area contributed by atoms with Crippen LogP contribution >= 0.6 is 34.8 Å². The maximum Gasteiger partial charge on any atom is 0.235 e. The lowest BCUT2D eigenvalue weighted by Gasteiger charge is -2.24. The lowest BCUT2D eigenvalue weighted by molar-refractivity contribution is -0.118. The van der Waals surface area contributed by atoms with Crippen LogP contribution in [0.2, 0.25) is 0 Å². The van der Waals surface area contributed by atoms with Gasteiger partial charge in [0.2, 0.25) is 17.7 Å². The van der Waals surface area contributed by atoms with E-state index in [0.717, 1.165) is 0 Å². The van der Waals surface area contributed by atoms with Crippen molar-refractivity contribution in [2.45, 2.75) is 35.4 Å². The molecule has 0 heterocycles. The van der Waals surface area contributed by atoms with E-state index in [1.807, 2.05) is 4.90 Å². The Kier molecular flexibility index (Phi) is 10.5. The van der Waals surface area contributed by atoms with E-state index in [-0.39, 0.29) is 0 Å². The van der Waals surface area contributed by atoms with Crippen molar-refractivity contribution in [1.82, 2.24) is 4.90 Å². The van der Waals surface area contributed by atoms with Gasteiger partial charge in [-0.25, -0.2) is 0 Å². The highest BCUT2D eigenvalue weighted by atomic mass is 35.5. The number of carbonyl (C=O) groups is 3. The second-order valence-electron chi connectivity index (χ2n) is 4.82. The molecule has 3 atom stereocenters. The summed E-state index contributed by atoms with van der Waals surface area (Å²) >= 11 is 17.4. The van der Waals surface area contributed by atoms with Gasteiger partial charge in [0.1, 0.15) is 16.1 Å². The molecule has 3 amide bonds. The van der Waals surface area contributed by atoms with E-state index in [4.69, 9.17) is 52.0 Å². The van der Waals surface area contributed by atoms with Gasteiger partial charge in [-0.15, -0.1) is 34.8 Å². The molecule has 0 aromatic heterocycles. The Balaban J connectivity index is 4.44. The third-order valence-electron chi connectivity index (χ3n) is 3.02. The van der Waals surface area contributed by atoms with Gasteiger partial charge >= 0.3 is 0 Å². The summed E-state index contributed by atoms with van der Waals surface area (Å²) in [6.45, 7) is 1.30. The minimum Gasteiger partial charge on any atom is -0.368 e. The average Bonchev–Trinajstić information content (AvgIpc) is 2.44. The van der Waals surface area contributed by atoms with Crippen molar-refractivity contribution in [3.05, 3.63) is 0 Å². The van der Waals surface area contributed by atoms with E-state index < -0.39 is 33.9 Å². The highest BCUT2D eigenvalue weighted by Gasteiger charge is 2.19. The lowest BCUT2D eigenvalue weighted by atomic mass is 10.2. The number of halogens is 3. The summed E-state index contributed by atoms with van der Waals surface area (Å²) < 4.78 is 0. The molecule has 128 valence electrons.